The van der Waals surface area contributed by atoms with Crippen molar-refractivity contribution < 1.29 is 4.74 Å². The van der Waals surface area contributed by atoms with Crippen LogP contribution in [0.4, 0.5) is 0 Å². The lowest BCUT2D eigenvalue weighted by atomic mass is 9.97. The standard InChI is InChI=1S/C11H19N3O/c1-7-8(9(15-5)14(4)13-7)11(12)6-10(11,2)3/h6,12H2,1-5H3. The molecule has 0 saturated heterocycles. The molecule has 1 fully saturated rings. The van der Waals surface area contributed by atoms with E-state index in [4.69, 9.17) is 10.5 Å². The third kappa shape index (κ3) is 1.21. The zero-order chi connectivity index (χ0) is 11.4. The first-order valence-corrected chi connectivity index (χ1v) is 5.20. The molecule has 1 aromatic rings. The van der Waals surface area contributed by atoms with Crippen LogP contribution in [0, 0.1) is 12.3 Å². The predicted molar refractivity (Wildman–Crippen MR) is 58.8 cm³/mol. The number of nitrogens with two attached hydrogens (primary N) is 1. The average Bonchev–Trinajstić information content (AvgIpc) is 2.48. The summed E-state index contributed by atoms with van der Waals surface area (Å²) in [5, 5.41) is 4.37. The zero-order valence-corrected chi connectivity index (χ0v) is 10.1. The van der Waals surface area contributed by atoms with Gasteiger partial charge >= 0.3 is 0 Å². The van der Waals surface area contributed by atoms with E-state index in [0.717, 1.165) is 23.6 Å². The summed E-state index contributed by atoms with van der Waals surface area (Å²) in [6.45, 7) is 6.35. The number of hydrogen-bond donors (Lipinski definition) is 1. The molecule has 1 aromatic heterocycles. The van der Waals surface area contributed by atoms with Gasteiger partial charge in [-0.2, -0.15) is 5.10 Å². The van der Waals surface area contributed by atoms with Crippen LogP contribution in [0.15, 0.2) is 0 Å². The highest BCUT2D eigenvalue weighted by Gasteiger charge is 2.62. The van der Waals surface area contributed by atoms with Crippen LogP contribution in [0.5, 0.6) is 5.88 Å². The molecule has 1 aliphatic carbocycles. The fourth-order valence-corrected chi connectivity index (χ4v) is 2.46. The summed E-state index contributed by atoms with van der Waals surface area (Å²) in [7, 11) is 3.55. The van der Waals surface area contributed by atoms with Gasteiger partial charge in [0, 0.05) is 7.05 Å². The van der Waals surface area contributed by atoms with Gasteiger partial charge in [-0.3, -0.25) is 0 Å². The van der Waals surface area contributed by atoms with E-state index in [9.17, 15) is 0 Å². The first-order chi connectivity index (χ1) is 6.83. The quantitative estimate of drug-likeness (QED) is 0.799. The third-order valence-corrected chi connectivity index (χ3v) is 3.61. The molecule has 1 atom stereocenters. The predicted octanol–water partition coefficient (Wildman–Crippen LogP) is 1.32. The Morgan fingerprint density at radius 3 is 2.40 bits per heavy atom. The van der Waals surface area contributed by atoms with Crippen LogP contribution >= 0.6 is 0 Å². The number of aromatic nitrogens is 2. The summed E-state index contributed by atoms with van der Waals surface area (Å²) in [5.74, 6) is 0.792. The van der Waals surface area contributed by atoms with Gasteiger partial charge in [-0.05, 0) is 18.8 Å². The van der Waals surface area contributed by atoms with Crippen LogP contribution < -0.4 is 10.5 Å². The zero-order valence-electron chi connectivity index (χ0n) is 10.1. The highest BCUT2D eigenvalue weighted by Crippen LogP contribution is 2.62. The molecule has 1 aliphatic rings. The van der Waals surface area contributed by atoms with Crippen molar-refractivity contribution in [3.63, 3.8) is 0 Å². The average molecular weight is 209 g/mol. The van der Waals surface area contributed by atoms with E-state index in [2.05, 4.69) is 18.9 Å². The Bertz CT molecular complexity index is 408. The molecule has 0 radical (unpaired) electrons. The lowest BCUT2D eigenvalue weighted by molar-refractivity contribution is 0.360. The molecule has 1 unspecified atom stereocenters. The van der Waals surface area contributed by atoms with Gasteiger partial charge in [0.2, 0.25) is 5.88 Å². The van der Waals surface area contributed by atoms with Gasteiger partial charge in [-0.25, -0.2) is 4.68 Å². The van der Waals surface area contributed by atoms with Crippen molar-refractivity contribution in [2.24, 2.45) is 18.2 Å². The van der Waals surface area contributed by atoms with Crippen LogP contribution in [0.25, 0.3) is 0 Å². The molecule has 4 nitrogen and oxygen atoms in total. The normalized spacial score (nSPS) is 27.9. The van der Waals surface area contributed by atoms with E-state index in [1.165, 1.54) is 0 Å². The molecular weight excluding hydrogens is 190 g/mol. The second kappa shape index (κ2) is 2.76. The topological polar surface area (TPSA) is 53.1 Å². The molecule has 0 amide bonds. The van der Waals surface area contributed by atoms with Crippen LogP contribution in [0.1, 0.15) is 31.5 Å². The lowest BCUT2D eigenvalue weighted by Crippen LogP contribution is -2.26. The van der Waals surface area contributed by atoms with Crippen LogP contribution in [-0.4, -0.2) is 16.9 Å². The maximum Gasteiger partial charge on any atom is 0.216 e. The van der Waals surface area contributed by atoms with Crippen LogP contribution in [0.3, 0.4) is 0 Å². The Labute approximate surface area is 90.4 Å². The van der Waals surface area contributed by atoms with E-state index in [1.54, 1.807) is 11.8 Å². The molecule has 2 rings (SSSR count). The van der Waals surface area contributed by atoms with Gasteiger partial charge in [0.1, 0.15) is 0 Å². The molecular formula is C11H19N3O. The minimum absolute atomic E-state index is 0.147. The molecule has 0 bridgehead atoms. The van der Waals surface area contributed by atoms with Crippen molar-refractivity contribution in [1.29, 1.82) is 0 Å². The molecule has 0 aromatic carbocycles. The number of aryl methyl sites for hydroxylation is 2. The molecule has 1 saturated carbocycles. The Hall–Kier alpha value is -1.03. The first kappa shape index (κ1) is 10.5. The third-order valence-electron chi connectivity index (χ3n) is 3.61. The monoisotopic (exact) mass is 209 g/mol. The summed E-state index contributed by atoms with van der Waals surface area (Å²) in [5.41, 5.74) is 8.32. The maximum atomic E-state index is 6.40. The van der Waals surface area contributed by atoms with Gasteiger partial charge in [0.05, 0.1) is 23.9 Å². The van der Waals surface area contributed by atoms with Crippen molar-refractivity contribution >= 4 is 0 Å². The van der Waals surface area contributed by atoms with Crippen molar-refractivity contribution in [2.45, 2.75) is 32.7 Å². The van der Waals surface area contributed by atoms with Crippen molar-refractivity contribution in [1.82, 2.24) is 9.78 Å². The summed E-state index contributed by atoms with van der Waals surface area (Å²) in [4.78, 5) is 0. The molecule has 4 heteroatoms. The van der Waals surface area contributed by atoms with E-state index in [-0.39, 0.29) is 11.0 Å². The fraction of sp³-hybridized carbons (Fsp3) is 0.727. The molecule has 1 heterocycles. The lowest BCUT2D eigenvalue weighted by Gasteiger charge is -2.16. The molecule has 0 spiro atoms. The van der Waals surface area contributed by atoms with Gasteiger partial charge in [0.15, 0.2) is 0 Å². The summed E-state index contributed by atoms with van der Waals surface area (Å²) >= 11 is 0. The summed E-state index contributed by atoms with van der Waals surface area (Å²) in [6, 6.07) is 0. The van der Waals surface area contributed by atoms with Crippen molar-refractivity contribution in [3.8, 4) is 5.88 Å². The number of hydrogen-bond acceptors (Lipinski definition) is 3. The highest BCUT2D eigenvalue weighted by molar-refractivity contribution is 5.45. The fourth-order valence-electron chi connectivity index (χ4n) is 2.46. The molecule has 2 N–H and O–H groups in total. The van der Waals surface area contributed by atoms with E-state index in [1.807, 2.05) is 14.0 Å². The number of rotatable bonds is 2. The second-order valence-corrected chi connectivity index (χ2v) is 5.13. The molecule has 84 valence electrons. The van der Waals surface area contributed by atoms with Gasteiger partial charge in [-0.1, -0.05) is 13.8 Å². The van der Waals surface area contributed by atoms with Crippen LogP contribution in [0.2, 0.25) is 0 Å². The van der Waals surface area contributed by atoms with Gasteiger partial charge in [0.25, 0.3) is 0 Å². The SMILES string of the molecule is COc1c(C2(N)CC2(C)C)c(C)nn1C. The summed E-state index contributed by atoms with van der Waals surface area (Å²) in [6.07, 6.45) is 0.989. The highest BCUT2D eigenvalue weighted by atomic mass is 16.5. The Balaban J connectivity index is 2.54. The minimum atomic E-state index is -0.267. The molecule has 0 aliphatic heterocycles. The number of nitrogens with zero attached hydrogens (tertiary/aromatic N) is 2. The Morgan fingerprint density at radius 2 is 2.00 bits per heavy atom. The van der Waals surface area contributed by atoms with Crippen LogP contribution in [-0.2, 0) is 12.6 Å². The maximum absolute atomic E-state index is 6.40. The summed E-state index contributed by atoms with van der Waals surface area (Å²) < 4.78 is 7.13. The van der Waals surface area contributed by atoms with E-state index >= 15 is 0 Å². The smallest absolute Gasteiger partial charge is 0.216 e. The largest absolute Gasteiger partial charge is 0.481 e. The van der Waals surface area contributed by atoms with Gasteiger partial charge in [-0.15, -0.1) is 0 Å². The minimum Gasteiger partial charge on any atom is -0.481 e. The van der Waals surface area contributed by atoms with Gasteiger partial charge < -0.3 is 10.5 Å². The second-order valence-electron chi connectivity index (χ2n) is 5.13. The molecule has 15 heavy (non-hydrogen) atoms. The Morgan fingerprint density at radius 1 is 1.47 bits per heavy atom. The first-order valence-electron chi connectivity index (χ1n) is 5.20. The van der Waals surface area contributed by atoms with E-state index in [0.29, 0.717) is 0 Å². The van der Waals surface area contributed by atoms with Crippen molar-refractivity contribution in [2.75, 3.05) is 7.11 Å². The number of methoxy groups -OCH3 is 1. The Kier molecular flexibility index (Phi) is 1.93. The van der Waals surface area contributed by atoms with Crippen molar-refractivity contribution in [3.05, 3.63) is 11.3 Å². The number of ether oxygens (including phenoxy) is 1. The van der Waals surface area contributed by atoms with E-state index < -0.39 is 0 Å².